The van der Waals surface area contributed by atoms with Crippen LogP contribution in [0.4, 0.5) is 0 Å². The number of unbranched alkanes of at least 4 members (excludes halogenated alkanes) is 7. The molecule has 0 aliphatic rings. The van der Waals surface area contributed by atoms with E-state index in [9.17, 15) is 24.9 Å². The smallest absolute Gasteiger partial charge is 0.377 e. The summed E-state index contributed by atoms with van der Waals surface area (Å²) in [7, 11) is 0. The quantitative estimate of drug-likeness (QED) is 0.128. The molecule has 0 aliphatic heterocycles. The molecule has 0 amide bonds. The van der Waals surface area contributed by atoms with E-state index >= 15 is 0 Å². The average molecular weight is 381 g/mol. The minimum absolute atomic E-state index is 0. The first-order valence-corrected chi connectivity index (χ1v) is 8.90. The minimum atomic E-state index is -2.23. The van der Waals surface area contributed by atoms with Crippen molar-refractivity contribution in [2.75, 3.05) is 13.2 Å². The Kier molecular flexibility index (Phi) is 16.8. The summed E-state index contributed by atoms with van der Waals surface area (Å²) in [6, 6.07) is 0. The maximum absolute atomic E-state index is 11.6. The summed E-state index contributed by atoms with van der Waals surface area (Å²) in [6.07, 6.45) is 0.360. The van der Waals surface area contributed by atoms with Gasteiger partial charge in [-0.15, -0.1) is 0 Å². The number of hydrogen-bond donors (Lipinski definition) is 6. The topological polar surface area (TPSA) is 180 Å². The Morgan fingerprint density at radius 1 is 0.846 bits per heavy atom. The molecule has 4 atom stereocenters. The lowest BCUT2D eigenvalue weighted by Gasteiger charge is -2.24. The van der Waals surface area contributed by atoms with E-state index in [1.165, 1.54) is 25.7 Å². The maximum Gasteiger partial charge on any atom is 0.377 e. The van der Waals surface area contributed by atoms with Gasteiger partial charge in [0.1, 0.15) is 18.3 Å². The lowest BCUT2D eigenvalue weighted by Crippen LogP contribution is -2.50. The third-order valence-electron chi connectivity index (χ3n) is 3.96. The Hall–Kier alpha value is -1.10. The third-order valence-corrected chi connectivity index (χ3v) is 3.96. The van der Waals surface area contributed by atoms with Gasteiger partial charge in [0, 0.05) is 0 Å². The average Bonchev–Trinajstić information content (AvgIpc) is 2.63. The van der Waals surface area contributed by atoms with Crippen LogP contribution in [0.15, 0.2) is 0 Å². The van der Waals surface area contributed by atoms with Crippen LogP contribution in [0.1, 0.15) is 58.3 Å². The van der Waals surface area contributed by atoms with Crippen molar-refractivity contribution < 1.29 is 39.9 Å². The van der Waals surface area contributed by atoms with Crippen molar-refractivity contribution in [3.05, 3.63) is 0 Å². The molecule has 0 unspecified atom stereocenters. The number of ether oxygens (including phenoxy) is 1. The van der Waals surface area contributed by atoms with Crippen molar-refractivity contribution in [2.24, 2.45) is 0 Å². The van der Waals surface area contributed by atoms with Crippen molar-refractivity contribution in [1.29, 1.82) is 0 Å². The second-order valence-electron chi connectivity index (χ2n) is 6.15. The highest BCUT2D eigenvalue weighted by molar-refractivity contribution is 6.35. The molecule has 0 aromatic carbocycles. The highest BCUT2D eigenvalue weighted by atomic mass is 16.5. The zero-order valence-electron chi connectivity index (χ0n) is 15.5. The number of carbonyl (C=O) groups excluding carboxylic acids is 2. The van der Waals surface area contributed by atoms with E-state index in [1.807, 2.05) is 0 Å². The predicted molar refractivity (Wildman–Crippen MR) is 94.7 cm³/mol. The standard InChI is InChI=1S/C17H32O8.H3N/c1-2-3-4-5-6-7-8-9-10-25-17(24)16(23)15(22)14(21)13(20)12(19)11-18;/h12-15,18-22H,2-11H2,1H3;1H3/t12-,13-,14+,15-;/m1./s1. The van der Waals surface area contributed by atoms with E-state index in [-0.39, 0.29) is 12.8 Å². The minimum Gasteiger partial charge on any atom is -0.460 e. The van der Waals surface area contributed by atoms with Crippen LogP contribution < -0.4 is 6.15 Å². The van der Waals surface area contributed by atoms with Crippen LogP contribution in [0.3, 0.4) is 0 Å². The van der Waals surface area contributed by atoms with Crippen LogP contribution in [0.5, 0.6) is 0 Å². The largest absolute Gasteiger partial charge is 0.460 e. The van der Waals surface area contributed by atoms with E-state index in [0.717, 1.165) is 19.3 Å². The molecule has 0 radical (unpaired) electrons. The number of hydrogen-bond acceptors (Lipinski definition) is 9. The molecule has 26 heavy (non-hydrogen) atoms. The molecule has 0 fully saturated rings. The molecule has 0 bridgehead atoms. The van der Waals surface area contributed by atoms with Gasteiger partial charge in [-0.2, -0.15) is 0 Å². The number of ketones is 1. The molecule has 0 aromatic rings. The Bertz CT molecular complexity index is 380. The summed E-state index contributed by atoms with van der Waals surface area (Å²) in [5.41, 5.74) is 0. The number of rotatable bonds is 15. The summed E-state index contributed by atoms with van der Waals surface area (Å²) in [5.74, 6) is -2.71. The Balaban J connectivity index is 0. The van der Waals surface area contributed by atoms with Crippen molar-refractivity contribution in [3.63, 3.8) is 0 Å². The number of esters is 1. The predicted octanol–water partition coefficient (Wildman–Crippen LogP) is -0.163. The Morgan fingerprint density at radius 3 is 1.85 bits per heavy atom. The number of aliphatic hydroxyl groups excluding tert-OH is 5. The van der Waals surface area contributed by atoms with Gasteiger partial charge in [0.2, 0.25) is 0 Å². The van der Waals surface area contributed by atoms with Gasteiger partial charge >= 0.3 is 5.97 Å². The van der Waals surface area contributed by atoms with Crippen LogP contribution in [-0.2, 0) is 14.3 Å². The fourth-order valence-electron chi connectivity index (χ4n) is 2.27. The van der Waals surface area contributed by atoms with E-state index in [0.29, 0.717) is 6.42 Å². The molecule has 0 heterocycles. The van der Waals surface area contributed by atoms with Crippen LogP contribution in [0, 0.1) is 0 Å². The highest BCUT2D eigenvalue weighted by Gasteiger charge is 2.37. The SMILES string of the molecule is CCCCCCCCCCOC(=O)C(=O)[C@H](O)[C@@H](O)[C@H](O)[C@H](O)CO.N. The number of Topliss-reactive ketones (excluding diaryl/α,β-unsaturated/α-hetero) is 1. The van der Waals surface area contributed by atoms with Gasteiger partial charge < -0.3 is 36.4 Å². The zero-order valence-corrected chi connectivity index (χ0v) is 15.5. The van der Waals surface area contributed by atoms with E-state index < -0.39 is 42.8 Å². The normalized spacial score (nSPS) is 15.5. The Labute approximate surface area is 154 Å². The molecule has 9 nitrogen and oxygen atoms in total. The van der Waals surface area contributed by atoms with E-state index in [4.69, 9.17) is 14.9 Å². The van der Waals surface area contributed by atoms with Crippen LogP contribution in [0.25, 0.3) is 0 Å². The molecule has 0 rings (SSSR count). The molecule has 0 saturated heterocycles. The van der Waals surface area contributed by atoms with Gasteiger partial charge in [0.05, 0.1) is 13.2 Å². The molecule has 0 aromatic heterocycles. The number of carbonyl (C=O) groups is 2. The van der Waals surface area contributed by atoms with Crippen molar-refractivity contribution in [1.82, 2.24) is 6.15 Å². The second kappa shape index (κ2) is 16.1. The summed E-state index contributed by atoms with van der Waals surface area (Å²) in [5, 5.41) is 46.3. The zero-order chi connectivity index (χ0) is 19.2. The van der Waals surface area contributed by atoms with Crippen molar-refractivity contribution in [3.8, 4) is 0 Å². The molecule has 0 spiro atoms. The highest BCUT2D eigenvalue weighted by Crippen LogP contribution is 2.09. The molecule has 8 N–H and O–H groups in total. The third kappa shape index (κ3) is 10.8. The van der Waals surface area contributed by atoms with Gasteiger partial charge in [-0.3, -0.25) is 4.79 Å². The van der Waals surface area contributed by atoms with E-state index in [2.05, 4.69) is 6.92 Å². The second-order valence-corrected chi connectivity index (χ2v) is 6.15. The van der Waals surface area contributed by atoms with Crippen LogP contribution in [-0.4, -0.2) is 74.9 Å². The first-order chi connectivity index (χ1) is 11.9. The molecule has 0 saturated carbocycles. The molecular formula is C17H35NO8. The summed E-state index contributed by atoms with van der Waals surface area (Å²) in [4.78, 5) is 23.1. The maximum atomic E-state index is 11.6. The molecule has 9 heteroatoms. The molecule has 0 aliphatic carbocycles. The van der Waals surface area contributed by atoms with Gasteiger partial charge in [-0.25, -0.2) is 4.79 Å². The van der Waals surface area contributed by atoms with Gasteiger partial charge in [0.25, 0.3) is 5.78 Å². The first kappa shape index (κ1) is 27.1. The van der Waals surface area contributed by atoms with Crippen molar-refractivity contribution in [2.45, 2.75) is 82.7 Å². The van der Waals surface area contributed by atoms with Crippen LogP contribution in [0.2, 0.25) is 0 Å². The molecule has 156 valence electrons. The monoisotopic (exact) mass is 381 g/mol. The summed E-state index contributed by atoms with van der Waals surface area (Å²) < 4.78 is 4.73. The van der Waals surface area contributed by atoms with Gasteiger partial charge in [0.15, 0.2) is 6.10 Å². The van der Waals surface area contributed by atoms with E-state index in [1.54, 1.807) is 0 Å². The lowest BCUT2D eigenvalue weighted by atomic mass is 10.0. The van der Waals surface area contributed by atoms with Crippen molar-refractivity contribution >= 4 is 11.8 Å². The van der Waals surface area contributed by atoms with Gasteiger partial charge in [-0.05, 0) is 6.42 Å². The Morgan fingerprint density at radius 2 is 1.35 bits per heavy atom. The van der Waals surface area contributed by atoms with Crippen LogP contribution >= 0.6 is 0 Å². The number of aliphatic hydroxyl groups is 5. The fraction of sp³-hybridized carbons (Fsp3) is 0.882. The fourth-order valence-corrected chi connectivity index (χ4v) is 2.27. The lowest BCUT2D eigenvalue weighted by molar-refractivity contribution is -0.165. The molecular weight excluding hydrogens is 346 g/mol. The first-order valence-electron chi connectivity index (χ1n) is 8.90. The summed E-state index contributed by atoms with van der Waals surface area (Å²) in [6.45, 7) is 1.31. The van der Waals surface area contributed by atoms with Gasteiger partial charge in [-0.1, -0.05) is 51.9 Å². The summed E-state index contributed by atoms with van der Waals surface area (Å²) >= 11 is 0.